The normalized spacial score (nSPS) is 16.0. The van der Waals surface area contributed by atoms with Gasteiger partial charge in [-0.1, -0.05) is 54.2 Å². The lowest BCUT2D eigenvalue weighted by molar-refractivity contribution is -0.122. The van der Waals surface area contributed by atoms with E-state index in [2.05, 4.69) is 16.5 Å². The topological polar surface area (TPSA) is 102 Å². The highest BCUT2D eigenvalue weighted by atomic mass is 32.2. The first-order valence-electron chi connectivity index (χ1n) is 12.0. The van der Waals surface area contributed by atoms with Gasteiger partial charge in [-0.05, 0) is 61.7 Å². The molecule has 1 aliphatic carbocycles. The van der Waals surface area contributed by atoms with Gasteiger partial charge in [0.2, 0.25) is 5.91 Å². The molecule has 10 heteroatoms. The lowest BCUT2D eigenvalue weighted by atomic mass is 9.89. The molecule has 0 saturated carbocycles. The predicted molar refractivity (Wildman–Crippen MR) is 146 cm³/mol. The fourth-order valence-corrected chi connectivity index (χ4v) is 6.86. The van der Waals surface area contributed by atoms with E-state index in [4.69, 9.17) is 5.10 Å². The molecule has 6 rings (SSSR count). The minimum atomic E-state index is -4.18. The van der Waals surface area contributed by atoms with E-state index < -0.39 is 21.8 Å². The largest absolute Gasteiger partial charge is 0.284 e. The van der Waals surface area contributed by atoms with Crippen molar-refractivity contribution < 1.29 is 18.0 Å². The van der Waals surface area contributed by atoms with Crippen molar-refractivity contribution in [1.29, 1.82) is 0 Å². The van der Waals surface area contributed by atoms with E-state index in [9.17, 15) is 18.0 Å². The number of imide groups is 1. The van der Waals surface area contributed by atoms with Crippen LogP contribution in [0.25, 0.3) is 16.9 Å². The molecule has 0 N–H and O–H groups in total. The predicted octanol–water partition coefficient (Wildman–Crippen LogP) is 4.41. The summed E-state index contributed by atoms with van der Waals surface area (Å²) in [5, 5.41) is 4.71. The standard InChI is InChI=1S/C28H22N4O4S2/c1-18-23-16-11-19-7-5-6-10-24(19)26(23)29-32(18)21-12-14-22(15-13-21)38(35,36)30-28-31(25(33)17-37-28)27(34)20-8-3-2-4-9-20/h2-10,12-15H,11,16-17H2,1H3/b30-28-. The quantitative estimate of drug-likeness (QED) is 0.354. The molecule has 190 valence electrons. The molecule has 1 aliphatic heterocycles. The van der Waals surface area contributed by atoms with Gasteiger partial charge >= 0.3 is 0 Å². The summed E-state index contributed by atoms with van der Waals surface area (Å²) in [6.45, 7) is 2.02. The van der Waals surface area contributed by atoms with E-state index in [1.165, 1.54) is 23.3 Å². The van der Waals surface area contributed by atoms with Gasteiger partial charge in [0, 0.05) is 22.4 Å². The van der Waals surface area contributed by atoms with Crippen LogP contribution in [0.3, 0.4) is 0 Å². The zero-order valence-corrected chi connectivity index (χ0v) is 22.0. The molecule has 1 saturated heterocycles. The maximum atomic E-state index is 13.1. The summed E-state index contributed by atoms with van der Waals surface area (Å²) in [5.74, 6) is -1.17. The Bertz CT molecular complexity index is 1730. The monoisotopic (exact) mass is 542 g/mol. The number of benzene rings is 3. The van der Waals surface area contributed by atoms with E-state index in [1.54, 1.807) is 42.5 Å². The Balaban J connectivity index is 1.30. The van der Waals surface area contributed by atoms with E-state index >= 15 is 0 Å². The van der Waals surface area contributed by atoms with Crippen molar-refractivity contribution in [3.63, 3.8) is 0 Å². The molecule has 0 spiro atoms. The van der Waals surface area contributed by atoms with Gasteiger partial charge in [0.25, 0.3) is 15.9 Å². The van der Waals surface area contributed by atoms with E-state index in [-0.39, 0.29) is 21.4 Å². The number of rotatable bonds is 4. The van der Waals surface area contributed by atoms with Crippen LogP contribution in [0.5, 0.6) is 0 Å². The third-order valence-electron chi connectivity index (χ3n) is 6.72. The molecular formula is C28H22N4O4S2. The number of hydrogen-bond acceptors (Lipinski definition) is 6. The van der Waals surface area contributed by atoms with Gasteiger partial charge in [0.15, 0.2) is 5.17 Å². The molecular weight excluding hydrogens is 520 g/mol. The van der Waals surface area contributed by atoms with Crippen LogP contribution < -0.4 is 0 Å². The van der Waals surface area contributed by atoms with Gasteiger partial charge in [-0.25, -0.2) is 9.58 Å². The Morgan fingerprint density at radius 2 is 1.66 bits per heavy atom. The minimum absolute atomic E-state index is 0.0410. The molecule has 38 heavy (non-hydrogen) atoms. The Hall–Kier alpha value is -4.02. The van der Waals surface area contributed by atoms with Gasteiger partial charge in [0.05, 0.1) is 22.0 Å². The van der Waals surface area contributed by atoms with Crippen molar-refractivity contribution >= 4 is 38.8 Å². The molecule has 0 unspecified atom stereocenters. The second-order valence-corrected chi connectivity index (χ2v) is 11.6. The smallest absolute Gasteiger partial charge is 0.273 e. The van der Waals surface area contributed by atoms with Crippen LogP contribution in [0.2, 0.25) is 0 Å². The number of aryl methyl sites for hydroxylation is 1. The van der Waals surface area contributed by atoms with Crippen molar-refractivity contribution in [2.75, 3.05) is 5.75 Å². The second kappa shape index (κ2) is 9.38. The highest BCUT2D eigenvalue weighted by Gasteiger charge is 2.36. The number of sulfonamides is 1. The molecule has 2 heterocycles. The minimum Gasteiger partial charge on any atom is -0.273 e. The first kappa shape index (κ1) is 24.3. The fraction of sp³-hybridized carbons (Fsp3) is 0.143. The highest BCUT2D eigenvalue weighted by Crippen LogP contribution is 2.35. The van der Waals surface area contributed by atoms with E-state index in [0.717, 1.165) is 52.1 Å². The van der Waals surface area contributed by atoms with Crippen molar-refractivity contribution in [3.8, 4) is 16.9 Å². The van der Waals surface area contributed by atoms with E-state index in [0.29, 0.717) is 0 Å². The van der Waals surface area contributed by atoms with Crippen LogP contribution in [0, 0.1) is 6.92 Å². The molecule has 1 fully saturated rings. The number of amidine groups is 1. The number of nitrogens with zero attached hydrogens (tertiary/aromatic N) is 4. The summed E-state index contributed by atoms with van der Waals surface area (Å²) in [7, 11) is -4.18. The third kappa shape index (κ3) is 4.15. The van der Waals surface area contributed by atoms with Crippen LogP contribution in [0.4, 0.5) is 0 Å². The molecule has 1 aromatic heterocycles. The molecule has 0 radical (unpaired) electrons. The summed E-state index contributed by atoms with van der Waals surface area (Å²) in [4.78, 5) is 26.1. The maximum Gasteiger partial charge on any atom is 0.284 e. The molecule has 4 aromatic rings. The lowest BCUT2D eigenvalue weighted by Crippen LogP contribution is -2.36. The summed E-state index contributed by atoms with van der Waals surface area (Å²) in [6.07, 6.45) is 1.86. The maximum absolute atomic E-state index is 13.1. The number of carbonyl (C=O) groups excluding carboxylic acids is 2. The van der Waals surface area contributed by atoms with Gasteiger partial charge < -0.3 is 0 Å². The first-order valence-corrected chi connectivity index (χ1v) is 14.4. The zero-order valence-electron chi connectivity index (χ0n) is 20.4. The summed E-state index contributed by atoms with van der Waals surface area (Å²) in [5.41, 5.74) is 6.57. The Morgan fingerprint density at radius 1 is 0.947 bits per heavy atom. The first-order chi connectivity index (χ1) is 18.3. The average Bonchev–Trinajstić information content (AvgIpc) is 3.47. The van der Waals surface area contributed by atoms with Gasteiger partial charge in [-0.15, -0.1) is 4.40 Å². The third-order valence-corrected chi connectivity index (χ3v) is 9.04. The van der Waals surface area contributed by atoms with Gasteiger partial charge in [0.1, 0.15) is 0 Å². The second-order valence-electron chi connectivity index (χ2n) is 9.01. The lowest BCUT2D eigenvalue weighted by Gasteiger charge is -2.14. The Labute approximate surface area is 224 Å². The fourth-order valence-electron chi connectivity index (χ4n) is 4.78. The summed E-state index contributed by atoms with van der Waals surface area (Å²) in [6, 6.07) is 22.8. The van der Waals surface area contributed by atoms with E-state index in [1.807, 2.05) is 23.7 Å². The molecule has 8 nitrogen and oxygen atoms in total. The zero-order chi connectivity index (χ0) is 26.4. The van der Waals surface area contributed by atoms with Crippen molar-refractivity contribution in [2.24, 2.45) is 4.40 Å². The SMILES string of the molecule is Cc1c2c(nn1-c1ccc(S(=O)(=O)/N=C3\SCC(=O)N3C(=O)c3ccccc3)cc1)-c1ccccc1CC2. The number of amides is 2. The van der Waals surface area contributed by atoms with Crippen LogP contribution in [-0.2, 0) is 27.7 Å². The number of hydrogen-bond donors (Lipinski definition) is 0. The number of aromatic nitrogens is 2. The van der Waals surface area contributed by atoms with Gasteiger partial charge in [-0.3, -0.25) is 9.59 Å². The van der Waals surface area contributed by atoms with Crippen LogP contribution in [0.1, 0.15) is 27.2 Å². The average molecular weight is 543 g/mol. The summed E-state index contributed by atoms with van der Waals surface area (Å²) < 4.78 is 32.0. The van der Waals surface area contributed by atoms with Crippen molar-refractivity contribution in [2.45, 2.75) is 24.7 Å². The Kier molecular flexibility index (Phi) is 6.00. The molecule has 2 amide bonds. The Morgan fingerprint density at radius 3 is 2.42 bits per heavy atom. The number of thioether (sulfide) groups is 1. The van der Waals surface area contributed by atoms with Crippen molar-refractivity contribution in [1.82, 2.24) is 14.7 Å². The molecule has 0 bridgehead atoms. The van der Waals surface area contributed by atoms with Gasteiger partial charge in [-0.2, -0.15) is 13.5 Å². The van der Waals surface area contributed by atoms with Crippen molar-refractivity contribution in [3.05, 3.63) is 101 Å². The van der Waals surface area contributed by atoms with Crippen LogP contribution in [-0.4, -0.2) is 45.8 Å². The molecule has 3 aromatic carbocycles. The highest BCUT2D eigenvalue weighted by molar-refractivity contribution is 8.15. The number of fused-ring (bicyclic) bond motifs is 3. The number of carbonyl (C=O) groups is 2. The molecule has 0 atom stereocenters. The molecule has 2 aliphatic rings. The van der Waals surface area contributed by atoms with Crippen LogP contribution in [0.15, 0.2) is 88.2 Å². The summed E-state index contributed by atoms with van der Waals surface area (Å²) >= 11 is 0.927. The van der Waals surface area contributed by atoms with Crippen LogP contribution >= 0.6 is 11.8 Å².